The van der Waals surface area contributed by atoms with Gasteiger partial charge in [0.15, 0.2) is 0 Å². The summed E-state index contributed by atoms with van der Waals surface area (Å²) in [4.78, 5) is 4.37. The molecule has 0 amide bonds. The van der Waals surface area contributed by atoms with E-state index in [1.165, 1.54) is 6.42 Å². The van der Waals surface area contributed by atoms with Gasteiger partial charge in [0, 0.05) is 29.4 Å². The summed E-state index contributed by atoms with van der Waals surface area (Å²) >= 11 is 1.65. The molecular weight excluding hydrogens is 320 g/mol. The van der Waals surface area contributed by atoms with Crippen LogP contribution in [-0.4, -0.2) is 33.1 Å². The quantitative estimate of drug-likeness (QED) is 0.747. The summed E-state index contributed by atoms with van der Waals surface area (Å²) in [6.07, 6.45) is 6.03. The van der Waals surface area contributed by atoms with Gasteiger partial charge in [0.2, 0.25) is 0 Å². The smallest absolute Gasteiger partial charge is 0.123 e. The van der Waals surface area contributed by atoms with Crippen LogP contribution in [0.15, 0.2) is 42.0 Å². The van der Waals surface area contributed by atoms with Gasteiger partial charge in [-0.05, 0) is 31.5 Å². The Morgan fingerprint density at radius 1 is 1.38 bits per heavy atom. The summed E-state index contributed by atoms with van der Waals surface area (Å²) < 4.78 is 2.06. The Bertz CT molecular complexity index is 776. The Morgan fingerprint density at radius 3 is 3.21 bits per heavy atom. The molecule has 1 aliphatic rings. The Hall–Kier alpha value is -2.25. The summed E-state index contributed by atoms with van der Waals surface area (Å²) in [5.74, 6) is 0. The molecule has 0 saturated carbocycles. The van der Waals surface area contributed by atoms with Crippen molar-refractivity contribution in [2.24, 2.45) is 0 Å². The molecule has 124 valence electrons. The molecule has 1 aliphatic heterocycles. The minimum absolute atomic E-state index is 0.403. The van der Waals surface area contributed by atoms with E-state index in [1.54, 1.807) is 11.3 Å². The van der Waals surface area contributed by atoms with E-state index >= 15 is 0 Å². The van der Waals surface area contributed by atoms with Crippen molar-refractivity contribution in [3.05, 3.63) is 47.7 Å². The standard InChI is InChI=1S/C17H20N6S/c1-3-13(17-19-7-8-24-17)9-14(4-1)20-11-16-12-21-22-23(16)15-5-2-6-18-10-15/h1,3-4,7-9,12,15,18,20H,2,5-6,10-11H2. The number of anilines is 1. The third-order valence-electron chi connectivity index (χ3n) is 4.28. The molecule has 0 aliphatic carbocycles. The zero-order valence-corrected chi connectivity index (χ0v) is 14.2. The minimum atomic E-state index is 0.403. The molecular formula is C17H20N6S. The molecule has 2 aromatic heterocycles. The van der Waals surface area contributed by atoms with Crippen molar-refractivity contribution < 1.29 is 0 Å². The number of piperidine rings is 1. The van der Waals surface area contributed by atoms with Gasteiger partial charge in [0.25, 0.3) is 0 Å². The van der Waals surface area contributed by atoms with Crippen molar-refractivity contribution in [2.75, 3.05) is 18.4 Å². The first kappa shape index (κ1) is 15.3. The maximum atomic E-state index is 4.37. The molecule has 3 heterocycles. The van der Waals surface area contributed by atoms with Crippen LogP contribution >= 0.6 is 11.3 Å². The average molecular weight is 340 g/mol. The Labute approximate surface area is 144 Å². The number of benzene rings is 1. The summed E-state index contributed by atoms with van der Waals surface area (Å²) in [6, 6.07) is 8.76. The number of thiazole rings is 1. The van der Waals surface area contributed by atoms with E-state index in [0.29, 0.717) is 12.6 Å². The average Bonchev–Trinajstić information content (AvgIpc) is 3.33. The topological polar surface area (TPSA) is 67.7 Å². The molecule has 7 heteroatoms. The molecule has 6 nitrogen and oxygen atoms in total. The van der Waals surface area contributed by atoms with Crippen LogP contribution in [0.5, 0.6) is 0 Å². The van der Waals surface area contributed by atoms with Crippen LogP contribution in [-0.2, 0) is 6.54 Å². The monoisotopic (exact) mass is 340 g/mol. The first-order chi connectivity index (χ1) is 11.9. The van der Waals surface area contributed by atoms with Gasteiger partial charge in [0.05, 0.1) is 24.5 Å². The Balaban J connectivity index is 1.46. The van der Waals surface area contributed by atoms with E-state index in [1.807, 2.05) is 17.8 Å². The number of nitrogens with one attached hydrogen (secondary N) is 2. The van der Waals surface area contributed by atoms with Gasteiger partial charge >= 0.3 is 0 Å². The molecule has 1 atom stereocenters. The normalized spacial score (nSPS) is 17.8. The third kappa shape index (κ3) is 3.32. The van der Waals surface area contributed by atoms with Gasteiger partial charge < -0.3 is 10.6 Å². The second-order valence-corrected chi connectivity index (χ2v) is 6.84. The molecule has 1 saturated heterocycles. The van der Waals surface area contributed by atoms with Crippen LogP contribution in [0.1, 0.15) is 24.6 Å². The molecule has 3 aromatic rings. The van der Waals surface area contributed by atoms with E-state index in [2.05, 4.69) is 54.9 Å². The largest absolute Gasteiger partial charge is 0.379 e. The molecule has 24 heavy (non-hydrogen) atoms. The van der Waals surface area contributed by atoms with Crippen molar-refractivity contribution in [2.45, 2.75) is 25.4 Å². The highest BCUT2D eigenvalue weighted by molar-refractivity contribution is 7.13. The van der Waals surface area contributed by atoms with E-state index in [0.717, 1.165) is 41.5 Å². The SMILES string of the molecule is c1cc(NCc2cnnn2C2CCCNC2)cc(-c2nccs2)c1. The van der Waals surface area contributed by atoms with Crippen LogP contribution < -0.4 is 10.6 Å². The number of nitrogens with zero attached hydrogens (tertiary/aromatic N) is 4. The number of rotatable bonds is 5. The van der Waals surface area contributed by atoms with Crippen molar-refractivity contribution >= 4 is 17.0 Å². The fourth-order valence-electron chi connectivity index (χ4n) is 3.06. The first-order valence-corrected chi connectivity index (χ1v) is 9.12. The highest BCUT2D eigenvalue weighted by Gasteiger charge is 2.18. The molecule has 0 spiro atoms. The van der Waals surface area contributed by atoms with Crippen molar-refractivity contribution in [1.82, 2.24) is 25.3 Å². The third-order valence-corrected chi connectivity index (χ3v) is 5.10. The summed E-state index contributed by atoms with van der Waals surface area (Å²) in [6.45, 7) is 2.78. The van der Waals surface area contributed by atoms with Crippen LogP contribution in [0.3, 0.4) is 0 Å². The fraction of sp³-hybridized carbons (Fsp3) is 0.353. The van der Waals surface area contributed by atoms with Crippen LogP contribution in [0.25, 0.3) is 10.6 Å². The van der Waals surface area contributed by atoms with Crippen LogP contribution in [0.4, 0.5) is 5.69 Å². The maximum absolute atomic E-state index is 4.37. The van der Waals surface area contributed by atoms with E-state index in [-0.39, 0.29) is 0 Å². The van der Waals surface area contributed by atoms with Gasteiger partial charge in [-0.25, -0.2) is 9.67 Å². The van der Waals surface area contributed by atoms with Crippen LogP contribution in [0.2, 0.25) is 0 Å². The lowest BCUT2D eigenvalue weighted by Crippen LogP contribution is -2.33. The highest BCUT2D eigenvalue weighted by atomic mass is 32.1. The molecule has 0 bridgehead atoms. The van der Waals surface area contributed by atoms with Gasteiger partial charge in [-0.3, -0.25) is 0 Å². The molecule has 1 unspecified atom stereocenters. The first-order valence-electron chi connectivity index (χ1n) is 8.24. The molecule has 0 radical (unpaired) electrons. The van der Waals surface area contributed by atoms with E-state index in [4.69, 9.17) is 0 Å². The van der Waals surface area contributed by atoms with Gasteiger partial charge in [-0.15, -0.1) is 16.4 Å². The predicted molar refractivity (Wildman–Crippen MR) is 96.0 cm³/mol. The van der Waals surface area contributed by atoms with Gasteiger partial charge in [0.1, 0.15) is 5.01 Å². The van der Waals surface area contributed by atoms with Crippen molar-refractivity contribution in [1.29, 1.82) is 0 Å². The molecule has 1 aromatic carbocycles. The predicted octanol–water partition coefficient (Wildman–Crippen LogP) is 2.94. The lowest BCUT2D eigenvalue weighted by atomic mass is 10.1. The Kier molecular flexibility index (Phi) is 4.53. The fourth-order valence-corrected chi connectivity index (χ4v) is 3.70. The number of hydrogen-bond donors (Lipinski definition) is 2. The Morgan fingerprint density at radius 2 is 2.38 bits per heavy atom. The minimum Gasteiger partial charge on any atom is -0.379 e. The second-order valence-electron chi connectivity index (χ2n) is 5.94. The second kappa shape index (κ2) is 7.11. The van der Waals surface area contributed by atoms with Crippen LogP contribution in [0, 0.1) is 0 Å². The number of aromatic nitrogens is 4. The van der Waals surface area contributed by atoms with Crippen molar-refractivity contribution in [3.8, 4) is 10.6 Å². The van der Waals surface area contributed by atoms with Gasteiger partial charge in [-0.2, -0.15) is 0 Å². The lowest BCUT2D eigenvalue weighted by molar-refractivity contribution is 0.334. The maximum Gasteiger partial charge on any atom is 0.123 e. The summed E-state index contributed by atoms with van der Waals surface area (Å²) in [5.41, 5.74) is 3.33. The summed E-state index contributed by atoms with van der Waals surface area (Å²) in [7, 11) is 0. The molecule has 2 N–H and O–H groups in total. The zero-order chi connectivity index (χ0) is 16.2. The zero-order valence-electron chi connectivity index (χ0n) is 13.4. The summed E-state index contributed by atoms with van der Waals surface area (Å²) in [5, 5.41) is 18.3. The molecule has 4 rings (SSSR count). The highest BCUT2D eigenvalue weighted by Crippen LogP contribution is 2.25. The van der Waals surface area contributed by atoms with E-state index in [9.17, 15) is 0 Å². The van der Waals surface area contributed by atoms with E-state index < -0.39 is 0 Å². The number of hydrogen-bond acceptors (Lipinski definition) is 6. The van der Waals surface area contributed by atoms with Gasteiger partial charge in [-0.1, -0.05) is 17.3 Å². The van der Waals surface area contributed by atoms with Crippen molar-refractivity contribution in [3.63, 3.8) is 0 Å². The molecule has 1 fully saturated rings. The lowest BCUT2D eigenvalue weighted by Gasteiger charge is -2.24.